The standard InChI is InChI=1S/C18H20FNO3.ClH/c1-12(20)18(21)22-13(2)17(14-8-10-15(19)11-9-14)23-16-6-4-3-5-7-16;/h3-13,17H,20H2,1-2H3;1H/t12-,13?,17?;/m0./s1. The monoisotopic (exact) mass is 353 g/mol. The largest absolute Gasteiger partial charge is 0.482 e. The zero-order chi connectivity index (χ0) is 16.8. The van der Waals surface area contributed by atoms with E-state index in [9.17, 15) is 9.18 Å². The smallest absolute Gasteiger partial charge is 0.323 e. The van der Waals surface area contributed by atoms with Crippen LogP contribution in [0, 0.1) is 5.82 Å². The van der Waals surface area contributed by atoms with Gasteiger partial charge in [0.1, 0.15) is 23.7 Å². The van der Waals surface area contributed by atoms with Gasteiger partial charge in [0.15, 0.2) is 6.10 Å². The van der Waals surface area contributed by atoms with Crippen molar-refractivity contribution in [1.82, 2.24) is 0 Å². The van der Waals surface area contributed by atoms with Crippen LogP contribution in [0.2, 0.25) is 0 Å². The van der Waals surface area contributed by atoms with Crippen LogP contribution < -0.4 is 10.5 Å². The van der Waals surface area contributed by atoms with Gasteiger partial charge in [-0.05, 0) is 43.7 Å². The molecule has 2 aromatic carbocycles. The molecule has 0 heterocycles. The van der Waals surface area contributed by atoms with Crippen molar-refractivity contribution in [1.29, 1.82) is 0 Å². The van der Waals surface area contributed by atoms with E-state index in [2.05, 4.69) is 0 Å². The molecule has 2 N–H and O–H groups in total. The maximum atomic E-state index is 13.2. The van der Waals surface area contributed by atoms with E-state index >= 15 is 0 Å². The van der Waals surface area contributed by atoms with Gasteiger partial charge in [-0.3, -0.25) is 4.79 Å². The molecule has 0 saturated heterocycles. The number of esters is 1. The van der Waals surface area contributed by atoms with E-state index in [1.165, 1.54) is 12.1 Å². The first-order valence-electron chi connectivity index (χ1n) is 7.40. The maximum Gasteiger partial charge on any atom is 0.323 e. The minimum absolute atomic E-state index is 0. The number of halogens is 2. The van der Waals surface area contributed by atoms with Gasteiger partial charge in [-0.25, -0.2) is 4.39 Å². The number of hydrogen-bond donors (Lipinski definition) is 1. The summed E-state index contributed by atoms with van der Waals surface area (Å²) in [5.74, 6) is -0.223. The zero-order valence-electron chi connectivity index (χ0n) is 13.5. The SMILES string of the molecule is CC(OC(=O)[C@H](C)N)C(Oc1ccccc1)c1ccc(F)cc1.Cl. The van der Waals surface area contributed by atoms with Gasteiger partial charge >= 0.3 is 5.97 Å². The summed E-state index contributed by atoms with van der Waals surface area (Å²) in [6.45, 7) is 3.28. The van der Waals surface area contributed by atoms with Gasteiger partial charge in [-0.15, -0.1) is 12.4 Å². The fourth-order valence-electron chi connectivity index (χ4n) is 2.09. The van der Waals surface area contributed by atoms with E-state index in [0.717, 1.165) is 0 Å². The Morgan fingerprint density at radius 2 is 1.62 bits per heavy atom. The summed E-state index contributed by atoms with van der Waals surface area (Å²) in [7, 11) is 0. The molecule has 4 nitrogen and oxygen atoms in total. The normalized spacial score (nSPS) is 14.0. The molecule has 2 aromatic rings. The van der Waals surface area contributed by atoms with Crippen LogP contribution in [0.25, 0.3) is 0 Å². The lowest BCUT2D eigenvalue weighted by Crippen LogP contribution is -2.34. The first-order chi connectivity index (χ1) is 11.0. The Bertz CT molecular complexity index is 634. The highest BCUT2D eigenvalue weighted by molar-refractivity contribution is 5.85. The quantitative estimate of drug-likeness (QED) is 0.805. The summed E-state index contributed by atoms with van der Waals surface area (Å²) in [4.78, 5) is 11.7. The second-order valence-corrected chi connectivity index (χ2v) is 5.33. The molecule has 0 bridgehead atoms. The summed E-state index contributed by atoms with van der Waals surface area (Å²) >= 11 is 0. The van der Waals surface area contributed by atoms with E-state index in [1.54, 1.807) is 38.1 Å². The fourth-order valence-corrected chi connectivity index (χ4v) is 2.09. The van der Waals surface area contributed by atoms with E-state index in [1.807, 2.05) is 18.2 Å². The molecule has 3 atom stereocenters. The first-order valence-corrected chi connectivity index (χ1v) is 7.40. The lowest BCUT2D eigenvalue weighted by Gasteiger charge is -2.26. The lowest BCUT2D eigenvalue weighted by molar-refractivity contribution is -0.154. The predicted octanol–water partition coefficient (Wildman–Crippen LogP) is 3.65. The average molecular weight is 354 g/mol. The number of para-hydroxylation sites is 1. The van der Waals surface area contributed by atoms with Crippen molar-refractivity contribution in [2.75, 3.05) is 0 Å². The number of hydrogen-bond acceptors (Lipinski definition) is 4. The van der Waals surface area contributed by atoms with Gasteiger partial charge in [0.2, 0.25) is 0 Å². The van der Waals surface area contributed by atoms with Crippen LogP contribution in [-0.2, 0) is 9.53 Å². The molecular formula is C18H21ClFNO3. The van der Waals surface area contributed by atoms with Crippen molar-refractivity contribution in [2.45, 2.75) is 32.1 Å². The molecule has 130 valence electrons. The molecule has 0 fully saturated rings. The molecule has 6 heteroatoms. The van der Waals surface area contributed by atoms with Crippen LogP contribution in [0.5, 0.6) is 5.75 Å². The molecule has 0 amide bonds. The van der Waals surface area contributed by atoms with Gasteiger partial charge in [0.25, 0.3) is 0 Å². The van der Waals surface area contributed by atoms with Gasteiger partial charge in [0, 0.05) is 0 Å². The number of nitrogens with two attached hydrogens (primary N) is 1. The molecule has 0 aromatic heterocycles. The Labute approximate surface area is 147 Å². The predicted molar refractivity (Wildman–Crippen MR) is 92.7 cm³/mol. The van der Waals surface area contributed by atoms with Crippen LogP contribution >= 0.6 is 12.4 Å². The Morgan fingerprint density at radius 3 is 2.17 bits per heavy atom. The lowest BCUT2D eigenvalue weighted by atomic mass is 10.0. The van der Waals surface area contributed by atoms with E-state index in [-0.39, 0.29) is 18.2 Å². The highest BCUT2D eigenvalue weighted by Gasteiger charge is 2.26. The van der Waals surface area contributed by atoms with E-state index in [0.29, 0.717) is 11.3 Å². The van der Waals surface area contributed by atoms with Crippen LogP contribution in [0.1, 0.15) is 25.5 Å². The maximum absolute atomic E-state index is 13.2. The number of benzene rings is 2. The topological polar surface area (TPSA) is 61.5 Å². The van der Waals surface area contributed by atoms with Crippen LogP contribution in [0.3, 0.4) is 0 Å². The number of carbonyl (C=O) groups is 1. The minimum Gasteiger partial charge on any atom is -0.482 e. The van der Waals surface area contributed by atoms with Gasteiger partial charge in [0.05, 0.1) is 0 Å². The first kappa shape index (κ1) is 19.9. The van der Waals surface area contributed by atoms with Crippen molar-refractivity contribution >= 4 is 18.4 Å². The molecular weight excluding hydrogens is 333 g/mol. The molecule has 0 saturated carbocycles. The van der Waals surface area contributed by atoms with Crippen molar-refractivity contribution < 1.29 is 18.7 Å². The molecule has 2 rings (SSSR count). The second kappa shape index (κ2) is 9.25. The van der Waals surface area contributed by atoms with E-state index < -0.39 is 24.2 Å². The Morgan fingerprint density at radius 1 is 1.04 bits per heavy atom. The van der Waals surface area contributed by atoms with Crippen molar-refractivity contribution in [3.63, 3.8) is 0 Å². The summed E-state index contributed by atoms with van der Waals surface area (Å²) in [6, 6.07) is 14.4. The zero-order valence-corrected chi connectivity index (χ0v) is 14.3. The number of carbonyl (C=O) groups excluding carboxylic acids is 1. The molecule has 24 heavy (non-hydrogen) atoms. The highest BCUT2D eigenvalue weighted by Crippen LogP contribution is 2.27. The third-order valence-corrected chi connectivity index (χ3v) is 3.30. The summed E-state index contributed by atoms with van der Waals surface area (Å²) in [6.07, 6.45) is -1.15. The summed E-state index contributed by atoms with van der Waals surface area (Å²) < 4.78 is 24.4. The summed E-state index contributed by atoms with van der Waals surface area (Å²) in [5.41, 5.74) is 6.24. The fraction of sp³-hybridized carbons (Fsp3) is 0.278. The Hall–Kier alpha value is -2.11. The minimum atomic E-state index is -0.719. The van der Waals surface area contributed by atoms with Gasteiger partial charge < -0.3 is 15.2 Å². The van der Waals surface area contributed by atoms with Gasteiger partial charge in [-0.2, -0.15) is 0 Å². The third kappa shape index (κ3) is 5.51. The Kier molecular flexibility index (Phi) is 7.68. The molecule has 2 unspecified atom stereocenters. The van der Waals surface area contributed by atoms with Crippen molar-refractivity contribution in [3.05, 3.63) is 66.0 Å². The highest BCUT2D eigenvalue weighted by atomic mass is 35.5. The Balaban J connectivity index is 0.00000288. The molecule has 0 aliphatic rings. The molecule has 0 aliphatic carbocycles. The van der Waals surface area contributed by atoms with Crippen molar-refractivity contribution in [2.24, 2.45) is 5.73 Å². The summed E-state index contributed by atoms with van der Waals surface area (Å²) in [5, 5.41) is 0. The van der Waals surface area contributed by atoms with Crippen molar-refractivity contribution in [3.8, 4) is 5.75 Å². The molecule has 0 radical (unpaired) electrons. The second-order valence-electron chi connectivity index (χ2n) is 5.33. The van der Waals surface area contributed by atoms with Crippen LogP contribution in [-0.4, -0.2) is 18.1 Å². The third-order valence-electron chi connectivity index (χ3n) is 3.30. The van der Waals surface area contributed by atoms with Crippen LogP contribution in [0.15, 0.2) is 54.6 Å². The number of rotatable bonds is 6. The number of ether oxygens (including phenoxy) is 2. The van der Waals surface area contributed by atoms with E-state index in [4.69, 9.17) is 15.2 Å². The van der Waals surface area contributed by atoms with Gasteiger partial charge in [-0.1, -0.05) is 30.3 Å². The average Bonchev–Trinajstić information content (AvgIpc) is 2.54. The van der Waals surface area contributed by atoms with Crippen LogP contribution in [0.4, 0.5) is 4.39 Å². The molecule has 0 aliphatic heterocycles. The molecule has 0 spiro atoms.